The first-order valence-corrected chi connectivity index (χ1v) is 4.29. The first kappa shape index (κ1) is 10.6. The Morgan fingerprint density at radius 1 is 1.64 bits per heavy atom. The van der Waals surface area contributed by atoms with Crippen molar-refractivity contribution in [2.45, 2.75) is 13.0 Å². The number of hydrogen-bond donors (Lipinski definition) is 1. The maximum atomic E-state index is 10.5. The number of rotatable bonds is 4. The van der Waals surface area contributed by atoms with Crippen molar-refractivity contribution in [3.05, 3.63) is 24.3 Å². The van der Waals surface area contributed by atoms with E-state index in [0.29, 0.717) is 0 Å². The molecule has 0 amide bonds. The van der Waals surface area contributed by atoms with Gasteiger partial charge in [-0.1, -0.05) is 0 Å². The average Bonchev–Trinajstić information content (AvgIpc) is 2.17. The third-order valence-corrected chi connectivity index (χ3v) is 2.06. The molecular formula is C9H13N3O2. The van der Waals surface area contributed by atoms with Gasteiger partial charge in [0.25, 0.3) is 0 Å². The lowest BCUT2D eigenvalue weighted by atomic mass is 10.2. The zero-order valence-electron chi connectivity index (χ0n) is 8.21. The smallest absolute Gasteiger partial charge is 0.317 e. The van der Waals surface area contributed by atoms with Crippen LogP contribution in [0.1, 0.15) is 18.7 Å². The Labute approximate surface area is 82.4 Å². The summed E-state index contributed by atoms with van der Waals surface area (Å²) in [5, 5.41) is 8.60. The first-order valence-electron chi connectivity index (χ1n) is 4.29. The van der Waals surface area contributed by atoms with Gasteiger partial charge in [-0.15, -0.1) is 0 Å². The van der Waals surface area contributed by atoms with Gasteiger partial charge < -0.3 is 5.11 Å². The second kappa shape index (κ2) is 4.66. The van der Waals surface area contributed by atoms with Gasteiger partial charge in [-0.3, -0.25) is 19.7 Å². The summed E-state index contributed by atoms with van der Waals surface area (Å²) in [7, 11) is 1.74. The van der Waals surface area contributed by atoms with Crippen LogP contribution in [0.2, 0.25) is 0 Å². The molecule has 5 heteroatoms. The topological polar surface area (TPSA) is 66.3 Å². The minimum atomic E-state index is -0.844. The van der Waals surface area contributed by atoms with Crippen LogP contribution in [-0.2, 0) is 4.79 Å². The van der Waals surface area contributed by atoms with E-state index in [1.165, 1.54) is 0 Å². The van der Waals surface area contributed by atoms with Crippen molar-refractivity contribution in [2.75, 3.05) is 13.6 Å². The standard InChI is InChI=1S/C9H13N3O2/c1-7(12(2)6-9(13)14)8-5-10-3-4-11-8/h3-5,7H,6H2,1-2H3,(H,13,14)/t7-/m0/s1. The molecular weight excluding hydrogens is 182 g/mol. The number of aromatic nitrogens is 2. The van der Waals surface area contributed by atoms with Crippen LogP contribution < -0.4 is 0 Å². The quantitative estimate of drug-likeness (QED) is 0.760. The SMILES string of the molecule is C[C@@H](c1cnccn1)N(C)CC(=O)O. The monoisotopic (exact) mass is 195 g/mol. The second-order valence-electron chi connectivity index (χ2n) is 3.12. The summed E-state index contributed by atoms with van der Waals surface area (Å²) in [4.78, 5) is 20.2. The third-order valence-electron chi connectivity index (χ3n) is 2.06. The molecule has 0 aliphatic rings. The summed E-state index contributed by atoms with van der Waals surface area (Å²) in [5.41, 5.74) is 0.774. The van der Waals surface area contributed by atoms with E-state index in [2.05, 4.69) is 9.97 Å². The van der Waals surface area contributed by atoms with E-state index in [4.69, 9.17) is 5.11 Å². The minimum Gasteiger partial charge on any atom is -0.480 e. The van der Waals surface area contributed by atoms with E-state index in [1.54, 1.807) is 30.5 Å². The molecule has 76 valence electrons. The molecule has 1 heterocycles. The number of aliphatic carboxylic acids is 1. The van der Waals surface area contributed by atoms with E-state index >= 15 is 0 Å². The van der Waals surface area contributed by atoms with Crippen LogP contribution in [0.5, 0.6) is 0 Å². The average molecular weight is 195 g/mol. The van der Waals surface area contributed by atoms with Crippen LogP contribution >= 0.6 is 0 Å². The van der Waals surface area contributed by atoms with Gasteiger partial charge in [-0.05, 0) is 14.0 Å². The molecule has 0 saturated carbocycles. The van der Waals surface area contributed by atoms with Crippen molar-refractivity contribution in [1.82, 2.24) is 14.9 Å². The van der Waals surface area contributed by atoms with Gasteiger partial charge in [0.05, 0.1) is 18.3 Å². The molecule has 1 atom stereocenters. The lowest BCUT2D eigenvalue weighted by molar-refractivity contribution is -0.138. The highest BCUT2D eigenvalue weighted by atomic mass is 16.4. The molecule has 0 radical (unpaired) electrons. The molecule has 0 bridgehead atoms. The normalized spacial score (nSPS) is 12.8. The summed E-state index contributed by atoms with van der Waals surface area (Å²) < 4.78 is 0. The van der Waals surface area contributed by atoms with Gasteiger partial charge in [0, 0.05) is 18.6 Å². The van der Waals surface area contributed by atoms with Crippen LogP contribution in [0.25, 0.3) is 0 Å². The predicted octanol–water partition coefficient (Wildman–Crippen LogP) is 0.554. The summed E-state index contributed by atoms with van der Waals surface area (Å²) in [6, 6.07) is -0.0419. The fourth-order valence-corrected chi connectivity index (χ4v) is 1.10. The molecule has 0 aliphatic heterocycles. The van der Waals surface area contributed by atoms with E-state index in [0.717, 1.165) is 5.69 Å². The largest absolute Gasteiger partial charge is 0.480 e. The van der Waals surface area contributed by atoms with Gasteiger partial charge in [-0.25, -0.2) is 0 Å². The van der Waals surface area contributed by atoms with Gasteiger partial charge in [-0.2, -0.15) is 0 Å². The van der Waals surface area contributed by atoms with Crippen molar-refractivity contribution in [2.24, 2.45) is 0 Å². The van der Waals surface area contributed by atoms with Crippen LogP contribution in [-0.4, -0.2) is 39.5 Å². The Bertz CT molecular complexity index is 302. The van der Waals surface area contributed by atoms with Crippen LogP contribution in [0.4, 0.5) is 0 Å². The van der Waals surface area contributed by atoms with E-state index < -0.39 is 5.97 Å². The Balaban J connectivity index is 2.65. The molecule has 0 spiro atoms. The molecule has 0 aliphatic carbocycles. The van der Waals surface area contributed by atoms with Gasteiger partial charge in [0.1, 0.15) is 0 Å². The number of hydrogen-bond acceptors (Lipinski definition) is 4. The highest BCUT2D eigenvalue weighted by Crippen LogP contribution is 2.13. The molecule has 1 aromatic heterocycles. The zero-order chi connectivity index (χ0) is 10.6. The Hall–Kier alpha value is -1.49. The van der Waals surface area contributed by atoms with Gasteiger partial charge in [0.15, 0.2) is 0 Å². The summed E-state index contributed by atoms with van der Waals surface area (Å²) in [6.07, 6.45) is 4.83. The zero-order valence-corrected chi connectivity index (χ0v) is 8.21. The molecule has 1 N–H and O–H groups in total. The summed E-state index contributed by atoms with van der Waals surface area (Å²) in [5.74, 6) is -0.844. The Morgan fingerprint density at radius 2 is 2.36 bits per heavy atom. The molecule has 5 nitrogen and oxygen atoms in total. The maximum Gasteiger partial charge on any atom is 0.317 e. The van der Waals surface area contributed by atoms with Crippen molar-refractivity contribution >= 4 is 5.97 Å². The first-order chi connectivity index (χ1) is 6.61. The van der Waals surface area contributed by atoms with Crippen molar-refractivity contribution < 1.29 is 9.90 Å². The van der Waals surface area contributed by atoms with Gasteiger partial charge in [0.2, 0.25) is 0 Å². The number of carbonyl (C=O) groups is 1. The molecule has 1 aromatic rings. The minimum absolute atomic E-state index is 0.00224. The van der Waals surface area contributed by atoms with Gasteiger partial charge >= 0.3 is 5.97 Å². The lowest BCUT2D eigenvalue weighted by Gasteiger charge is -2.21. The highest BCUT2D eigenvalue weighted by molar-refractivity contribution is 5.69. The Kier molecular flexibility index (Phi) is 3.53. The molecule has 0 aromatic carbocycles. The molecule has 1 rings (SSSR count). The van der Waals surface area contributed by atoms with Crippen LogP contribution in [0.15, 0.2) is 18.6 Å². The number of carboxylic acids is 1. The summed E-state index contributed by atoms with van der Waals surface area (Å²) in [6.45, 7) is 1.89. The molecule has 0 fully saturated rings. The van der Waals surface area contributed by atoms with Crippen molar-refractivity contribution in [3.63, 3.8) is 0 Å². The van der Waals surface area contributed by atoms with Crippen molar-refractivity contribution in [3.8, 4) is 0 Å². The fourth-order valence-electron chi connectivity index (χ4n) is 1.10. The van der Waals surface area contributed by atoms with Crippen LogP contribution in [0.3, 0.4) is 0 Å². The maximum absolute atomic E-state index is 10.5. The van der Waals surface area contributed by atoms with E-state index in [-0.39, 0.29) is 12.6 Å². The molecule has 0 unspecified atom stereocenters. The molecule has 14 heavy (non-hydrogen) atoms. The lowest BCUT2D eigenvalue weighted by Crippen LogP contribution is -2.29. The third kappa shape index (κ3) is 2.77. The fraction of sp³-hybridized carbons (Fsp3) is 0.444. The van der Waals surface area contributed by atoms with E-state index in [9.17, 15) is 4.79 Å². The second-order valence-corrected chi connectivity index (χ2v) is 3.12. The Morgan fingerprint density at radius 3 is 2.86 bits per heavy atom. The highest BCUT2D eigenvalue weighted by Gasteiger charge is 2.14. The number of carboxylic acid groups (broad SMARTS) is 1. The predicted molar refractivity (Wildman–Crippen MR) is 50.7 cm³/mol. The van der Waals surface area contributed by atoms with E-state index in [1.807, 2.05) is 6.92 Å². The van der Waals surface area contributed by atoms with Crippen molar-refractivity contribution in [1.29, 1.82) is 0 Å². The number of nitrogens with zero attached hydrogens (tertiary/aromatic N) is 3. The number of likely N-dealkylation sites (N-methyl/N-ethyl adjacent to an activating group) is 1. The van der Waals surface area contributed by atoms with Crippen LogP contribution in [0, 0.1) is 0 Å². The summed E-state index contributed by atoms with van der Waals surface area (Å²) >= 11 is 0. The molecule has 0 saturated heterocycles.